The third-order valence-electron chi connectivity index (χ3n) is 6.32. The lowest BCUT2D eigenvalue weighted by Gasteiger charge is -2.45. The maximum Gasteiger partial charge on any atom is 0.109 e. The highest BCUT2D eigenvalue weighted by molar-refractivity contribution is 5.15. The molecule has 1 saturated heterocycles. The molecule has 1 heterocycles. The van der Waals surface area contributed by atoms with Crippen LogP contribution in [-0.2, 0) is 34.0 Å². The van der Waals surface area contributed by atoms with Gasteiger partial charge < -0.3 is 24.4 Å². The number of hydrogen-bond acceptors (Lipinski definition) is 6. The Morgan fingerprint density at radius 3 is 1.77 bits per heavy atom. The lowest BCUT2D eigenvalue weighted by Crippen LogP contribution is -2.63. The van der Waals surface area contributed by atoms with Crippen molar-refractivity contribution in [2.75, 3.05) is 26.3 Å². The number of aliphatic hydroxyl groups is 2. The maximum absolute atomic E-state index is 10.9. The minimum Gasteiger partial charge on any atom is -0.389 e. The monoisotopic (exact) mass is 477 g/mol. The van der Waals surface area contributed by atoms with Crippen LogP contribution in [0.15, 0.2) is 91.0 Å². The van der Waals surface area contributed by atoms with Gasteiger partial charge in [0, 0.05) is 13.1 Å². The molecule has 4 rings (SSSR count). The van der Waals surface area contributed by atoms with Crippen molar-refractivity contribution >= 4 is 0 Å². The summed E-state index contributed by atoms with van der Waals surface area (Å²) < 4.78 is 18.2. The Balaban J connectivity index is 1.39. The second kappa shape index (κ2) is 13.5. The van der Waals surface area contributed by atoms with E-state index in [0.29, 0.717) is 46.1 Å². The SMILES string of the molecule is O[C@H]1[C@H](OCc2ccccc2)[C@@H](COCc2ccccc2)N(CCOCc2ccccc2)C[C@H]1O. The molecule has 0 bridgehead atoms. The molecule has 0 aromatic heterocycles. The zero-order valence-electron chi connectivity index (χ0n) is 20.0. The van der Waals surface area contributed by atoms with E-state index in [4.69, 9.17) is 14.2 Å². The molecule has 2 N–H and O–H groups in total. The normalized spacial score (nSPS) is 22.8. The largest absolute Gasteiger partial charge is 0.389 e. The average Bonchev–Trinajstić information content (AvgIpc) is 2.90. The van der Waals surface area contributed by atoms with Crippen LogP contribution < -0.4 is 0 Å². The van der Waals surface area contributed by atoms with Crippen molar-refractivity contribution in [1.82, 2.24) is 4.90 Å². The van der Waals surface area contributed by atoms with E-state index in [9.17, 15) is 10.2 Å². The molecular formula is C29H35NO5. The van der Waals surface area contributed by atoms with Gasteiger partial charge in [0.15, 0.2) is 0 Å². The molecule has 1 aliphatic rings. The van der Waals surface area contributed by atoms with Gasteiger partial charge in [-0.05, 0) is 16.7 Å². The topological polar surface area (TPSA) is 71.4 Å². The Kier molecular flexibility index (Phi) is 9.84. The summed E-state index contributed by atoms with van der Waals surface area (Å²) in [4.78, 5) is 2.11. The van der Waals surface area contributed by atoms with Crippen molar-refractivity contribution in [2.24, 2.45) is 0 Å². The van der Waals surface area contributed by atoms with Crippen molar-refractivity contribution in [2.45, 2.75) is 44.2 Å². The second-order valence-corrected chi connectivity index (χ2v) is 8.92. The summed E-state index contributed by atoms with van der Waals surface area (Å²) in [5.41, 5.74) is 3.22. The van der Waals surface area contributed by atoms with Crippen LogP contribution in [0.1, 0.15) is 16.7 Å². The highest BCUT2D eigenvalue weighted by Gasteiger charge is 2.43. The van der Waals surface area contributed by atoms with E-state index in [-0.39, 0.29) is 6.04 Å². The van der Waals surface area contributed by atoms with Crippen LogP contribution in [0.5, 0.6) is 0 Å². The number of hydrogen-bond donors (Lipinski definition) is 2. The summed E-state index contributed by atoms with van der Waals surface area (Å²) in [7, 11) is 0. The molecule has 6 nitrogen and oxygen atoms in total. The van der Waals surface area contributed by atoms with E-state index < -0.39 is 18.3 Å². The number of piperidine rings is 1. The Hall–Kier alpha value is -2.58. The van der Waals surface area contributed by atoms with Crippen LogP contribution in [0.3, 0.4) is 0 Å². The van der Waals surface area contributed by atoms with Gasteiger partial charge in [-0.2, -0.15) is 0 Å². The molecule has 3 aromatic rings. The molecule has 0 unspecified atom stereocenters. The van der Waals surface area contributed by atoms with Crippen LogP contribution in [0.2, 0.25) is 0 Å². The van der Waals surface area contributed by atoms with Crippen molar-refractivity contribution in [3.05, 3.63) is 108 Å². The lowest BCUT2D eigenvalue weighted by atomic mass is 9.94. The number of aliphatic hydroxyl groups excluding tert-OH is 2. The average molecular weight is 478 g/mol. The Morgan fingerprint density at radius 2 is 1.20 bits per heavy atom. The number of rotatable bonds is 12. The highest BCUT2D eigenvalue weighted by atomic mass is 16.5. The fourth-order valence-corrected chi connectivity index (χ4v) is 4.39. The van der Waals surface area contributed by atoms with Gasteiger partial charge in [-0.1, -0.05) is 91.0 Å². The Morgan fingerprint density at radius 1 is 0.686 bits per heavy atom. The van der Waals surface area contributed by atoms with Gasteiger partial charge in [0.2, 0.25) is 0 Å². The summed E-state index contributed by atoms with van der Waals surface area (Å²) in [5, 5.41) is 21.5. The quantitative estimate of drug-likeness (QED) is 0.390. The predicted octanol–water partition coefficient (Wildman–Crippen LogP) is 3.41. The molecule has 0 aliphatic carbocycles. The number of nitrogens with zero attached hydrogens (tertiary/aromatic N) is 1. The molecule has 1 fully saturated rings. The highest BCUT2D eigenvalue weighted by Crippen LogP contribution is 2.24. The first-order valence-corrected chi connectivity index (χ1v) is 12.2. The first kappa shape index (κ1) is 25.5. The smallest absolute Gasteiger partial charge is 0.109 e. The van der Waals surface area contributed by atoms with E-state index in [1.807, 2.05) is 91.0 Å². The van der Waals surface area contributed by atoms with E-state index >= 15 is 0 Å². The molecule has 6 heteroatoms. The summed E-state index contributed by atoms with van der Waals surface area (Å²) in [6.45, 7) is 3.16. The molecule has 1 aliphatic heterocycles. The molecule has 0 radical (unpaired) electrons. The molecule has 0 saturated carbocycles. The van der Waals surface area contributed by atoms with E-state index in [1.165, 1.54) is 0 Å². The number of β-amino-alcohol motifs (C(OH)–C–C–N with tert-alkyl or cyclic N) is 1. The van der Waals surface area contributed by atoms with Gasteiger partial charge in [-0.15, -0.1) is 0 Å². The van der Waals surface area contributed by atoms with Crippen molar-refractivity contribution < 1.29 is 24.4 Å². The third-order valence-corrected chi connectivity index (χ3v) is 6.32. The van der Waals surface area contributed by atoms with Gasteiger partial charge in [-0.3, -0.25) is 4.90 Å². The second-order valence-electron chi connectivity index (χ2n) is 8.92. The first-order valence-electron chi connectivity index (χ1n) is 12.2. The van der Waals surface area contributed by atoms with Gasteiger partial charge >= 0.3 is 0 Å². The summed E-state index contributed by atoms with van der Waals surface area (Å²) in [6.07, 6.45) is -2.50. The molecule has 3 aromatic carbocycles. The molecule has 35 heavy (non-hydrogen) atoms. The third kappa shape index (κ3) is 7.70. The number of ether oxygens (including phenoxy) is 3. The summed E-state index contributed by atoms with van der Waals surface area (Å²) in [6, 6.07) is 29.7. The van der Waals surface area contributed by atoms with E-state index in [0.717, 1.165) is 16.7 Å². The van der Waals surface area contributed by atoms with Crippen LogP contribution in [0, 0.1) is 0 Å². The van der Waals surface area contributed by atoms with Gasteiger partial charge in [0.05, 0.1) is 45.2 Å². The van der Waals surface area contributed by atoms with Crippen molar-refractivity contribution in [3.8, 4) is 0 Å². The van der Waals surface area contributed by atoms with Crippen LogP contribution in [0.4, 0.5) is 0 Å². The van der Waals surface area contributed by atoms with Crippen LogP contribution in [0.25, 0.3) is 0 Å². The maximum atomic E-state index is 10.9. The van der Waals surface area contributed by atoms with Gasteiger partial charge in [0.25, 0.3) is 0 Å². The van der Waals surface area contributed by atoms with Crippen molar-refractivity contribution in [1.29, 1.82) is 0 Å². The molecule has 0 amide bonds. The molecule has 186 valence electrons. The zero-order valence-corrected chi connectivity index (χ0v) is 20.0. The number of benzene rings is 3. The minimum absolute atomic E-state index is 0.221. The summed E-state index contributed by atoms with van der Waals surface area (Å²) in [5.74, 6) is 0. The zero-order chi connectivity index (χ0) is 24.3. The van der Waals surface area contributed by atoms with Crippen LogP contribution in [-0.4, -0.2) is 65.8 Å². The summed E-state index contributed by atoms with van der Waals surface area (Å²) >= 11 is 0. The van der Waals surface area contributed by atoms with Crippen molar-refractivity contribution in [3.63, 3.8) is 0 Å². The van der Waals surface area contributed by atoms with Crippen LogP contribution >= 0.6 is 0 Å². The Labute approximate surface area is 207 Å². The molecular weight excluding hydrogens is 442 g/mol. The number of likely N-dealkylation sites (tertiary alicyclic amines) is 1. The Bertz CT molecular complexity index is 972. The first-order chi connectivity index (χ1) is 17.2. The predicted molar refractivity (Wildman–Crippen MR) is 135 cm³/mol. The van der Waals surface area contributed by atoms with Gasteiger partial charge in [-0.25, -0.2) is 0 Å². The van der Waals surface area contributed by atoms with E-state index in [1.54, 1.807) is 0 Å². The molecule has 0 spiro atoms. The van der Waals surface area contributed by atoms with Gasteiger partial charge in [0.1, 0.15) is 12.2 Å². The minimum atomic E-state index is -0.995. The standard InChI is InChI=1S/C29H35NO5/c31-27-18-30(16-17-33-19-23-10-4-1-5-11-23)26(22-34-20-24-12-6-2-7-13-24)29(28(27)32)35-21-25-14-8-3-9-15-25/h1-15,26-29,31-32H,16-22H2/t26-,27-,28-,29-/m1/s1. The fraction of sp³-hybridized carbons (Fsp3) is 0.379. The molecule has 4 atom stereocenters. The van der Waals surface area contributed by atoms with E-state index in [2.05, 4.69) is 4.90 Å². The lowest BCUT2D eigenvalue weighted by molar-refractivity contribution is -0.177. The fourth-order valence-electron chi connectivity index (χ4n) is 4.39.